The normalized spacial score (nSPS) is 14.2. The Balaban J connectivity index is 1.66. The summed E-state index contributed by atoms with van der Waals surface area (Å²) in [5.74, 6) is -0.901. The standard InChI is InChI=1S/C20H18F2N4O2S/c21-15-6-7-17(16(22)12-15)26-19(14-4-2-1-3-5-14)23-24-20(26)29-13-18(27)25-8-10-28-11-9-25/h1-7,12H,8-11,13H2. The first-order chi connectivity index (χ1) is 14.1. The van der Waals surface area contributed by atoms with E-state index in [1.807, 2.05) is 30.3 Å². The number of nitrogens with zero attached hydrogens (tertiary/aromatic N) is 4. The van der Waals surface area contributed by atoms with Gasteiger partial charge in [-0.1, -0.05) is 42.1 Å². The van der Waals surface area contributed by atoms with Crippen LogP contribution in [0.5, 0.6) is 0 Å². The maximum atomic E-state index is 14.6. The number of hydrogen-bond donors (Lipinski definition) is 0. The number of benzene rings is 2. The second kappa shape index (κ2) is 8.71. The van der Waals surface area contributed by atoms with E-state index in [1.54, 1.807) is 4.90 Å². The SMILES string of the molecule is O=C(CSc1nnc(-c2ccccc2)n1-c1ccc(F)cc1F)N1CCOCC1. The molecule has 1 saturated heterocycles. The molecular weight excluding hydrogens is 398 g/mol. The number of carbonyl (C=O) groups is 1. The van der Waals surface area contributed by atoms with Crippen molar-refractivity contribution >= 4 is 17.7 Å². The van der Waals surface area contributed by atoms with Gasteiger partial charge in [0.1, 0.15) is 11.6 Å². The molecule has 6 nitrogen and oxygen atoms in total. The Morgan fingerprint density at radius 2 is 1.83 bits per heavy atom. The minimum absolute atomic E-state index is 0.0475. The molecule has 0 N–H and O–H groups in total. The first kappa shape index (κ1) is 19.5. The highest BCUT2D eigenvalue weighted by Crippen LogP contribution is 2.29. The van der Waals surface area contributed by atoms with Crippen LogP contribution in [-0.4, -0.2) is 57.6 Å². The highest BCUT2D eigenvalue weighted by molar-refractivity contribution is 7.99. The van der Waals surface area contributed by atoms with Crippen molar-refractivity contribution < 1.29 is 18.3 Å². The number of aromatic nitrogens is 3. The van der Waals surface area contributed by atoms with Gasteiger partial charge in [0.2, 0.25) is 5.91 Å². The first-order valence-electron chi connectivity index (χ1n) is 9.08. The van der Waals surface area contributed by atoms with Crippen LogP contribution in [0.4, 0.5) is 8.78 Å². The molecule has 3 aromatic rings. The summed E-state index contributed by atoms with van der Waals surface area (Å²) < 4.78 is 34.8. The monoisotopic (exact) mass is 416 g/mol. The quantitative estimate of drug-likeness (QED) is 0.598. The fourth-order valence-corrected chi connectivity index (χ4v) is 3.90. The Morgan fingerprint density at radius 1 is 1.07 bits per heavy atom. The van der Waals surface area contributed by atoms with Gasteiger partial charge in [-0.3, -0.25) is 9.36 Å². The molecule has 1 fully saturated rings. The summed E-state index contributed by atoms with van der Waals surface area (Å²) in [6.45, 7) is 2.14. The number of thioether (sulfide) groups is 1. The van der Waals surface area contributed by atoms with Crippen molar-refractivity contribution in [3.8, 4) is 17.1 Å². The average molecular weight is 416 g/mol. The van der Waals surface area contributed by atoms with Crippen LogP contribution in [0.3, 0.4) is 0 Å². The number of carbonyl (C=O) groups excluding carboxylic acids is 1. The van der Waals surface area contributed by atoms with Crippen molar-refractivity contribution in [2.24, 2.45) is 0 Å². The van der Waals surface area contributed by atoms with Gasteiger partial charge in [-0.2, -0.15) is 0 Å². The van der Waals surface area contributed by atoms with Gasteiger partial charge >= 0.3 is 0 Å². The van der Waals surface area contributed by atoms with Gasteiger partial charge in [0.15, 0.2) is 11.0 Å². The van der Waals surface area contributed by atoms with Gasteiger partial charge in [-0.15, -0.1) is 10.2 Å². The molecule has 0 unspecified atom stereocenters. The summed E-state index contributed by atoms with van der Waals surface area (Å²) in [7, 11) is 0. The Hall–Kier alpha value is -2.78. The zero-order valence-corrected chi connectivity index (χ0v) is 16.2. The molecule has 1 aliphatic rings. The third kappa shape index (κ3) is 4.30. The van der Waals surface area contributed by atoms with Crippen LogP contribution in [-0.2, 0) is 9.53 Å². The number of halogens is 2. The molecule has 1 amide bonds. The Kier molecular flexibility index (Phi) is 5.86. The zero-order chi connectivity index (χ0) is 20.2. The van der Waals surface area contributed by atoms with Gasteiger partial charge in [-0.25, -0.2) is 8.78 Å². The lowest BCUT2D eigenvalue weighted by molar-refractivity contribution is -0.132. The fraction of sp³-hybridized carbons (Fsp3) is 0.250. The molecule has 1 aliphatic heterocycles. The molecule has 29 heavy (non-hydrogen) atoms. The van der Waals surface area contributed by atoms with Crippen LogP contribution in [0.2, 0.25) is 0 Å². The van der Waals surface area contributed by atoms with E-state index in [0.29, 0.717) is 37.3 Å². The Labute approximate surface area is 170 Å². The highest BCUT2D eigenvalue weighted by atomic mass is 32.2. The second-order valence-corrected chi connectivity index (χ2v) is 7.33. The van der Waals surface area contributed by atoms with E-state index in [9.17, 15) is 13.6 Å². The lowest BCUT2D eigenvalue weighted by atomic mass is 10.2. The largest absolute Gasteiger partial charge is 0.378 e. The predicted octanol–water partition coefficient (Wildman–Crippen LogP) is 3.16. The zero-order valence-electron chi connectivity index (χ0n) is 15.4. The summed E-state index contributed by atoms with van der Waals surface area (Å²) in [5, 5.41) is 8.73. The Bertz CT molecular complexity index is 1010. The molecule has 1 aromatic heterocycles. The minimum Gasteiger partial charge on any atom is -0.378 e. The summed E-state index contributed by atoms with van der Waals surface area (Å²) in [4.78, 5) is 14.2. The number of morpholine rings is 1. The first-order valence-corrected chi connectivity index (χ1v) is 10.1. The molecule has 2 heterocycles. The topological polar surface area (TPSA) is 60.2 Å². The maximum absolute atomic E-state index is 14.6. The average Bonchev–Trinajstić information content (AvgIpc) is 3.17. The van der Waals surface area contributed by atoms with Crippen molar-refractivity contribution in [1.29, 1.82) is 0 Å². The number of rotatable bonds is 5. The van der Waals surface area contributed by atoms with Gasteiger partial charge < -0.3 is 9.64 Å². The summed E-state index contributed by atoms with van der Waals surface area (Å²) >= 11 is 1.17. The van der Waals surface area contributed by atoms with E-state index in [0.717, 1.165) is 11.6 Å². The minimum atomic E-state index is -0.733. The number of ether oxygens (including phenoxy) is 1. The highest BCUT2D eigenvalue weighted by Gasteiger charge is 2.22. The van der Waals surface area contributed by atoms with Gasteiger partial charge in [0.25, 0.3) is 0 Å². The molecular formula is C20H18F2N4O2S. The third-order valence-corrected chi connectivity index (χ3v) is 5.42. The summed E-state index contributed by atoms with van der Waals surface area (Å²) in [6, 6.07) is 12.5. The maximum Gasteiger partial charge on any atom is 0.233 e. The molecule has 9 heteroatoms. The smallest absolute Gasteiger partial charge is 0.233 e. The predicted molar refractivity (Wildman–Crippen MR) is 105 cm³/mol. The Morgan fingerprint density at radius 3 is 2.55 bits per heavy atom. The van der Waals surface area contributed by atoms with Crippen LogP contribution in [0.25, 0.3) is 17.1 Å². The lowest BCUT2D eigenvalue weighted by Gasteiger charge is -2.26. The van der Waals surface area contributed by atoms with Gasteiger partial charge in [0.05, 0.1) is 24.7 Å². The molecule has 4 rings (SSSR count). The van der Waals surface area contributed by atoms with Crippen molar-refractivity contribution in [3.05, 3.63) is 60.2 Å². The molecule has 0 bridgehead atoms. The van der Waals surface area contributed by atoms with E-state index in [-0.39, 0.29) is 17.3 Å². The molecule has 2 aromatic carbocycles. The van der Waals surface area contributed by atoms with E-state index in [2.05, 4.69) is 10.2 Å². The van der Waals surface area contributed by atoms with Crippen molar-refractivity contribution in [3.63, 3.8) is 0 Å². The fourth-order valence-electron chi connectivity index (χ4n) is 3.05. The van der Waals surface area contributed by atoms with Gasteiger partial charge in [-0.05, 0) is 12.1 Å². The van der Waals surface area contributed by atoms with E-state index < -0.39 is 11.6 Å². The second-order valence-electron chi connectivity index (χ2n) is 6.39. The van der Waals surface area contributed by atoms with Crippen molar-refractivity contribution in [1.82, 2.24) is 19.7 Å². The number of hydrogen-bond acceptors (Lipinski definition) is 5. The molecule has 0 radical (unpaired) electrons. The third-order valence-electron chi connectivity index (χ3n) is 4.50. The van der Waals surface area contributed by atoms with Crippen LogP contribution in [0, 0.1) is 11.6 Å². The van der Waals surface area contributed by atoms with E-state index >= 15 is 0 Å². The van der Waals surface area contributed by atoms with Crippen LogP contribution in [0.15, 0.2) is 53.7 Å². The summed E-state index contributed by atoms with van der Waals surface area (Å²) in [6.07, 6.45) is 0. The molecule has 0 aliphatic carbocycles. The van der Waals surface area contributed by atoms with Gasteiger partial charge in [0, 0.05) is 24.7 Å². The molecule has 0 atom stereocenters. The number of amides is 1. The lowest BCUT2D eigenvalue weighted by Crippen LogP contribution is -2.41. The van der Waals surface area contributed by atoms with E-state index in [1.165, 1.54) is 28.5 Å². The van der Waals surface area contributed by atoms with Crippen LogP contribution in [0.1, 0.15) is 0 Å². The van der Waals surface area contributed by atoms with Crippen LogP contribution >= 0.6 is 11.8 Å². The molecule has 150 valence electrons. The summed E-state index contributed by atoms with van der Waals surface area (Å²) in [5.41, 5.74) is 0.853. The van der Waals surface area contributed by atoms with Crippen molar-refractivity contribution in [2.75, 3.05) is 32.1 Å². The van der Waals surface area contributed by atoms with Crippen LogP contribution < -0.4 is 0 Å². The van der Waals surface area contributed by atoms with Crippen molar-refractivity contribution in [2.45, 2.75) is 5.16 Å². The molecule has 0 spiro atoms. The molecule has 0 saturated carbocycles. The van der Waals surface area contributed by atoms with E-state index in [4.69, 9.17) is 4.74 Å².